The van der Waals surface area contributed by atoms with E-state index in [2.05, 4.69) is 68.6 Å². The number of nitrogens with one attached hydrogen (secondary N) is 2. The van der Waals surface area contributed by atoms with Gasteiger partial charge in [-0.15, -0.1) is 0 Å². The molecule has 4 aromatic rings. The number of carbonyl (C=O) groups excluding carboxylic acids is 1. The molecule has 1 aromatic heterocycles. The van der Waals surface area contributed by atoms with Crippen molar-refractivity contribution in [2.75, 3.05) is 54.5 Å². The number of ether oxygens (including phenoxy) is 2. The molecule has 0 amide bonds. The number of carbonyl (C=O) groups is 1. The summed E-state index contributed by atoms with van der Waals surface area (Å²) in [6.45, 7) is 9.44. The van der Waals surface area contributed by atoms with Gasteiger partial charge in [-0.2, -0.15) is 0 Å². The van der Waals surface area contributed by atoms with Gasteiger partial charge in [-0.25, -0.2) is 4.98 Å². The Hall–Kier alpha value is -4.53. The lowest BCUT2D eigenvalue weighted by Crippen LogP contribution is -2.52. The highest BCUT2D eigenvalue weighted by atomic mass is 16.5. The largest absolute Gasteiger partial charge is 0.378 e. The fourth-order valence-corrected chi connectivity index (χ4v) is 5.64. The lowest BCUT2D eigenvalue weighted by molar-refractivity contribution is 0.0224. The quantitative estimate of drug-likeness (QED) is 0.151. The van der Waals surface area contributed by atoms with Crippen LogP contribution in [0, 0.1) is 11.3 Å². The van der Waals surface area contributed by atoms with E-state index in [1.807, 2.05) is 44.2 Å². The van der Waals surface area contributed by atoms with Crippen molar-refractivity contribution in [1.82, 2.24) is 4.98 Å². The van der Waals surface area contributed by atoms with E-state index in [-0.39, 0.29) is 12.0 Å². The summed E-state index contributed by atoms with van der Waals surface area (Å²) in [7, 11) is 0. The summed E-state index contributed by atoms with van der Waals surface area (Å²) in [6, 6.07) is 28.5. The van der Waals surface area contributed by atoms with Gasteiger partial charge in [0.15, 0.2) is 6.29 Å². The molecule has 2 aliphatic heterocycles. The van der Waals surface area contributed by atoms with Crippen LogP contribution >= 0.6 is 0 Å². The minimum absolute atomic E-state index is 0.0361. The van der Waals surface area contributed by atoms with Gasteiger partial charge in [0.05, 0.1) is 25.9 Å². The van der Waals surface area contributed by atoms with Crippen molar-refractivity contribution in [2.45, 2.75) is 26.6 Å². The molecule has 226 valence electrons. The molecule has 2 saturated heterocycles. The molecule has 8 heteroatoms. The van der Waals surface area contributed by atoms with Crippen molar-refractivity contribution in [3.8, 4) is 11.1 Å². The van der Waals surface area contributed by atoms with Crippen molar-refractivity contribution in [2.24, 2.45) is 5.92 Å². The highest BCUT2D eigenvalue weighted by molar-refractivity contribution is 6.10. The smallest absolute Gasteiger partial charge is 0.168 e. The number of benzene rings is 3. The number of pyridine rings is 1. The molecule has 3 heterocycles. The summed E-state index contributed by atoms with van der Waals surface area (Å²) in [5.74, 6) is 0.469. The summed E-state index contributed by atoms with van der Waals surface area (Å²) in [5, 5.41) is 12.5. The predicted octanol–water partition coefficient (Wildman–Crippen LogP) is 6.57. The highest BCUT2D eigenvalue weighted by Crippen LogP contribution is 2.35. The van der Waals surface area contributed by atoms with Crippen LogP contribution in [0.2, 0.25) is 0 Å². The van der Waals surface area contributed by atoms with Gasteiger partial charge in [0, 0.05) is 54.5 Å². The zero-order chi connectivity index (χ0) is 30.5. The molecular weight excluding hydrogens is 550 g/mol. The Bertz CT molecular complexity index is 1590. The molecule has 0 saturated carbocycles. The Kier molecular flexibility index (Phi) is 9.00. The number of morpholine rings is 1. The summed E-state index contributed by atoms with van der Waals surface area (Å²) in [6.07, 6.45) is 0.958. The lowest BCUT2D eigenvalue weighted by Gasteiger charge is -2.40. The zero-order valence-electron chi connectivity index (χ0n) is 25.3. The summed E-state index contributed by atoms with van der Waals surface area (Å²) in [5.41, 5.74) is 7.47. The molecule has 0 atom stereocenters. The maximum Gasteiger partial charge on any atom is 0.168 e. The molecule has 2 fully saturated rings. The Morgan fingerprint density at radius 3 is 2.43 bits per heavy atom. The van der Waals surface area contributed by atoms with Gasteiger partial charge in [0.2, 0.25) is 0 Å². The maximum atomic E-state index is 12.1. The number of anilines is 4. The first-order chi connectivity index (χ1) is 21.5. The average molecular weight is 590 g/mol. The summed E-state index contributed by atoms with van der Waals surface area (Å²) in [4.78, 5) is 21.3. The second kappa shape index (κ2) is 13.4. The van der Waals surface area contributed by atoms with Crippen molar-refractivity contribution in [3.05, 3.63) is 102 Å². The molecule has 3 aromatic carbocycles. The number of hydrogen-bond acceptors (Lipinski definition) is 8. The van der Waals surface area contributed by atoms with Crippen molar-refractivity contribution < 1.29 is 14.3 Å². The molecule has 0 unspecified atom stereocenters. The zero-order valence-corrected chi connectivity index (χ0v) is 25.3. The molecule has 0 spiro atoms. The third kappa shape index (κ3) is 6.67. The first-order valence-corrected chi connectivity index (χ1v) is 15.3. The van der Waals surface area contributed by atoms with Gasteiger partial charge in [0.25, 0.3) is 0 Å². The minimum atomic E-state index is -0.0361. The number of aldehydes is 1. The van der Waals surface area contributed by atoms with Crippen LogP contribution in [0.15, 0.2) is 84.9 Å². The monoisotopic (exact) mass is 589 g/mol. The molecule has 0 radical (unpaired) electrons. The lowest BCUT2D eigenvalue weighted by atomic mass is 9.91. The second-order valence-electron chi connectivity index (χ2n) is 11.6. The molecule has 0 aliphatic carbocycles. The molecule has 2 N–H and O–H groups in total. The van der Waals surface area contributed by atoms with Gasteiger partial charge < -0.3 is 30.0 Å². The standard InChI is InChI=1S/C36H39N5O3/c1-25(2)35(37)34-33(27-11-13-30(14-12-27)40-15-17-43-18-16-40)20-29(23-42)39-36(34)38-28-9-6-10-31(19-28)41-21-32(22-41)44-24-26-7-4-3-5-8-26/h3-14,19-20,23,25,32,37H,15-18,21-22,24H2,1-2H3,(H,38,39). The van der Waals surface area contributed by atoms with E-state index in [9.17, 15) is 4.79 Å². The summed E-state index contributed by atoms with van der Waals surface area (Å²) >= 11 is 0. The van der Waals surface area contributed by atoms with E-state index in [1.54, 1.807) is 6.07 Å². The fraction of sp³-hybridized carbons (Fsp3) is 0.306. The number of hydrogen-bond donors (Lipinski definition) is 2. The molecule has 44 heavy (non-hydrogen) atoms. The van der Waals surface area contributed by atoms with Gasteiger partial charge in [0.1, 0.15) is 11.5 Å². The van der Waals surface area contributed by atoms with Crippen LogP contribution in [0.25, 0.3) is 11.1 Å². The van der Waals surface area contributed by atoms with Gasteiger partial charge in [-0.3, -0.25) is 4.79 Å². The normalized spacial score (nSPS) is 15.2. The van der Waals surface area contributed by atoms with E-state index in [1.165, 1.54) is 5.56 Å². The average Bonchev–Trinajstić information content (AvgIpc) is 3.04. The Morgan fingerprint density at radius 2 is 1.73 bits per heavy atom. The SMILES string of the molecule is CC(C)C(=N)c1c(-c2ccc(N3CCOCC3)cc2)cc(C=O)nc1Nc1cccc(N2CC(OCc3ccccc3)C2)c1. The van der Waals surface area contributed by atoms with E-state index in [0.717, 1.165) is 73.9 Å². The topological polar surface area (TPSA) is 90.8 Å². The van der Waals surface area contributed by atoms with E-state index >= 15 is 0 Å². The molecule has 2 aliphatic rings. The molecule has 8 nitrogen and oxygen atoms in total. The second-order valence-corrected chi connectivity index (χ2v) is 11.6. The Morgan fingerprint density at radius 1 is 0.977 bits per heavy atom. The van der Waals surface area contributed by atoms with E-state index in [0.29, 0.717) is 29.4 Å². The summed E-state index contributed by atoms with van der Waals surface area (Å²) < 4.78 is 11.6. The van der Waals surface area contributed by atoms with Crippen LogP contribution in [0.1, 0.15) is 35.5 Å². The van der Waals surface area contributed by atoms with Crippen LogP contribution in [-0.2, 0) is 16.1 Å². The first kappa shape index (κ1) is 29.5. The number of aromatic nitrogens is 1. The van der Waals surface area contributed by atoms with Crippen LogP contribution in [0.4, 0.5) is 22.9 Å². The molecule has 6 rings (SSSR count). The van der Waals surface area contributed by atoms with E-state index in [4.69, 9.17) is 14.9 Å². The number of rotatable bonds is 11. The first-order valence-electron chi connectivity index (χ1n) is 15.3. The van der Waals surface area contributed by atoms with Crippen molar-refractivity contribution >= 4 is 34.9 Å². The third-order valence-electron chi connectivity index (χ3n) is 8.21. The maximum absolute atomic E-state index is 12.1. The van der Waals surface area contributed by atoms with Crippen LogP contribution in [-0.4, -0.2) is 62.5 Å². The van der Waals surface area contributed by atoms with Gasteiger partial charge in [-0.1, -0.05) is 62.4 Å². The number of nitrogens with zero attached hydrogens (tertiary/aromatic N) is 3. The molecular formula is C36H39N5O3. The highest BCUT2D eigenvalue weighted by Gasteiger charge is 2.28. The third-order valence-corrected chi connectivity index (χ3v) is 8.21. The van der Waals surface area contributed by atoms with Crippen molar-refractivity contribution in [1.29, 1.82) is 5.41 Å². The van der Waals surface area contributed by atoms with Crippen LogP contribution in [0.5, 0.6) is 0 Å². The van der Waals surface area contributed by atoms with Crippen LogP contribution < -0.4 is 15.1 Å². The van der Waals surface area contributed by atoms with E-state index < -0.39 is 0 Å². The molecule has 0 bridgehead atoms. The van der Waals surface area contributed by atoms with Gasteiger partial charge >= 0.3 is 0 Å². The van der Waals surface area contributed by atoms with Gasteiger partial charge in [-0.05, 0) is 59.0 Å². The van der Waals surface area contributed by atoms with Crippen LogP contribution in [0.3, 0.4) is 0 Å². The Balaban J connectivity index is 1.24. The fourth-order valence-electron chi connectivity index (χ4n) is 5.64. The predicted molar refractivity (Wildman–Crippen MR) is 177 cm³/mol. The Labute approximate surface area is 259 Å². The van der Waals surface area contributed by atoms with Crippen molar-refractivity contribution in [3.63, 3.8) is 0 Å². The minimum Gasteiger partial charge on any atom is -0.378 e.